The molecular weight excluding hydrogens is 540 g/mol. The highest BCUT2D eigenvalue weighted by atomic mass is 32.1. The van der Waals surface area contributed by atoms with Gasteiger partial charge in [-0.3, -0.25) is 9.69 Å². The van der Waals surface area contributed by atoms with Crippen molar-refractivity contribution in [2.24, 2.45) is 5.92 Å². The maximum atomic E-state index is 13.9. The number of aromatic nitrogens is 1. The van der Waals surface area contributed by atoms with Crippen molar-refractivity contribution in [3.8, 4) is 0 Å². The fourth-order valence-electron chi connectivity index (χ4n) is 5.41. The lowest BCUT2D eigenvalue weighted by Crippen LogP contribution is -2.50. The molecule has 0 bridgehead atoms. The lowest BCUT2D eigenvalue weighted by molar-refractivity contribution is -0.151. The van der Waals surface area contributed by atoms with Crippen molar-refractivity contribution in [1.29, 1.82) is 0 Å². The Morgan fingerprint density at radius 3 is 2.66 bits per heavy atom. The van der Waals surface area contributed by atoms with Gasteiger partial charge in [0.15, 0.2) is 5.13 Å². The molecule has 0 unspecified atom stereocenters. The van der Waals surface area contributed by atoms with Gasteiger partial charge in [0, 0.05) is 23.8 Å². The van der Waals surface area contributed by atoms with E-state index in [0.717, 1.165) is 28.8 Å². The van der Waals surface area contributed by atoms with E-state index < -0.39 is 30.3 Å². The molecule has 1 N–H and O–H groups in total. The van der Waals surface area contributed by atoms with Crippen LogP contribution >= 0.6 is 11.3 Å². The van der Waals surface area contributed by atoms with Gasteiger partial charge in [-0.2, -0.15) is 0 Å². The maximum absolute atomic E-state index is 13.9. The van der Waals surface area contributed by atoms with Gasteiger partial charge in [0.25, 0.3) is 0 Å². The van der Waals surface area contributed by atoms with E-state index in [2.05, 4.69) is 32.3 Å². The number of fused-ring (bicyclic) bond motifs is 1. The van der Waals surface area contributed by atoms with Crippen LogP contribution in [0.4, 0.5) is 9.93 Å². The number of nitrogens with one attached hydrogen (secondary N) is 1. The monoisotopic (exact) mass is 580 g/mol. The minimum absolute atomic E-state index is 0.0990. The number of thiazole rings is 1. The first kappa shape index (κ1) is 30.3. The number of amides is 2. The summed E-state index contributed by atoms with van der Waals surface area (Å²) in [6.07, 6.45) is 3.48. The van der Waals surface area contributed by atoms with Crippen molar-refractivity contribution in [1.82, 2.24) is 14.8 Å². The first-order valence-corrected chi connectivity index (χ1v) is 14.8. The molecule has 1 aromatic heterocycles. The number of rotatable bonds is 10. The predicted octanol–water partition coefficient (Wildman–Crippen LogP) is 5.37. The number of carbonyl (C=O) groups is 3. The molecule has 0 aliphatic carbocycles. The van der Waals surface area contributed by atoms with Crippen LogP contribution in [0, 0.1) is 5.92 Å². The Bertz CT molecular complexity index is 1320. The van der Waals surface area contributed by atoms with Gasteiger partial charge in [0.2, 0.25) is 5.91 Å². The highest BCUT2D eigenvalue weighted by Gasteiger charge is 2.45. The number of ether oxygens (including phenoxy) is 2. The zero-order chi connectivity index (χ0) is 29.9. The number of methoxy groups -OCH3 is 1. The topological polar surface area (TPSA) is 101 Å². The fourth-order valence-corrected chi connectivity index (χ4v) is 6.35. The largest absolute Gasteiger partial charge is 0.467 e. The second kappa shape index (κ2) is 12.5. The van der Waals surface area contributed by atoms with Gasteiger partial charge >= 0.3 is 12.1 Å². The Kier molecular flexibility index (Phi) is 9.21. The molecule has 1 saturated heterocycles. The molecule has 220 valence electrons. The maximum Gasteiger partial charge on any atom is 0.410 e. The molecule has 3 atom stereocenters. The number of nitrogens with zero attached hydrogens (tertiary/aromatic N) is 3. The first-order chi connectivity index (χ1) is 19.5. The molecular formula is C31H40N4O5S. The third-order valence-electron chi connectivity index (χ3n) is 7.85. The van der Waals surface area contributed by atoms with Crippen molar-refractivity contribution in [3.05, 3.63) is 65.2 Å². The lowest BCUT2D eigenvalue weighted by Gasteiger charge is -2.29. The molecule has 0 radical (unpaired) electrons. The molecule has 1 aromatic carbocycles. The molecule has 0 spiro atoms. The summed E-state index contributed by atoms with van der Waals surface area (Å²) in [5, 5.41) is 5.93. The third-order valence-corrected chi connectivity index (χ3v) is 8.62. The Morgan fingerprint density at radius 1 is 1.24 bits per heavy atom. The average molecular weight is 581 g/mol. The summed E-state index contributed by atoms with van der Waals surface area (Å²) in [5.74, 6) is -0.898. The summed E-state index contributed by atoms with van der Waals surface area (Å²) in [4.78, 5) is 47.6. The molecule has 2 amide bonds. The lowest BCUT2D eigenvalue weighted by atomic mass is 9.86. The zero-order valence-corrected chi connectivity index (χ0v) is 25.3. The van der Waals surface area contributed by atoms with Crippen LogP contribution in [0.25, 0.3) is 6.08 Å². The van der Waals surface area contributed by atoms with E-state index in [9.17, 15) is 14.4 Å². The van der Waals surface area contributed by atoms with Crippen molar-refractivity contribution in [3.63, 3.8) is 0 Å². The standard InChI is InChI=1S/C31H40N4O5S/c1-8-13-31(5,6)25-18-41-29(32-25)33-26(19(3)4)27(36)35-16-22(14-24(35)28(37)39-7)40-30(38)34-15-21-12-10-11-20(9-2)23(21)17-34/h8-12,18-19,22,24,26H,1-2,13-17H2,3-7H3,(H,32,33)/t22-,24+,26+/m1/s1. The minimum atomic E-state index is -0.852. The summed E-state index contributed by atoms with van der Waals surface area (Å²) in [6.45, 7) is 16.7. The van der Waals surface area contributed by atoms with E-state index in [1.54, 1.807) is 11.0 Å². The normalized spacial score (nSPS) is 19.1. The van der Waals surface area contributed by atoms with E-state index in [4.69, 9.17) is 14.5 Å². The van der Waals surface area contributed by atoms with E-state index in [1.807, 2.05) is 43.5 Å². The fraction of sp³-hybridized carbons (Fsp3) is 0.484. The minimum Gasteiger partial charge on any atom is -0.467 e. The van der Waals surface area contributed by atoms with Crippen LogP contribution in [0.5, 0.6) is 0 Å². The van der Waals surface area contributed by atoms with Gasteiger partial charge in [0.05, 0.1) is 25.9 Å². The van der Waals surface area contributed by atoms with E-state index in [1.165, 1.54) is 23.3 Å². The van der Waals surface area contributed by atoms with Crippen LogP contribution in [-0.2, 0) is 37.6 Å². The van der Waals surface area contributed by atoms with Gasteiger partial charge in [-0.15, -0.1) is 17.9 Å². The van der Waals surface area contributed by atoms with Crippen LogP contribution in [-0.4, -0.2) is 64.6 Å². The molecule has 41 heavy (non-hydrogen) atoms. The van der Waals surface area contributed by atoms with Gasteiger partial charge in [-0.1, -0.05) is 64.6 Å². The average Bonchev–Trinajstić information content (AvgIpc) is 3.69. The number of carbonyl (C=O) groups excluding carboxylic acids is 3. The second-order valence-corrected chi connectivity index (χ2v) is 12.5. The summed E-state index contributed by atoms with van der Waals surface area (Å²) in [7, 11) is 1.29. The van der Waals surface area contributed by atoms with Crippen molar-refractivity contribution in [2.75, 3.05) is 19.0 Å². The van der Waals surface area contributed by atoms with E-state index in [-0.39, 0.29) is 30.2 Å². The summed E-state index contributed by atoms with van der Waals surface area (Å²) in [6, 6.07) is 4.41. The summed E-state index contributed by atoms with van der Waals surface area (Å²) in [5.41, 5.74) is 3.84. The summed E-state index contributed by atoms with van der Waals surface area (Å²) < 4.78 is 10.9. The Morgan fingerprint density at radius 2 is 2.00 bits per heavy atom. The number of hydrogen-bond acceptors (Lipinski definition) is 8. The van der Waals surface area contributed by atoms with Crippen LogP contribution in [0.1, 0.15) is 62.9 Å². The number of benzene rings is 1. The van der Waals surface area contributed by atoms with Crippen LogP contribution in [0.2, 0.25) is 0 Å². The highest BCUT2D eigenvalue weighted by Crippen LogP contribution is 2.32. The number of hydrogen-bond donors (Lipinski definition) is 1. The molecule has 2 aliphatic rings. The Balaban J connectivity index is 1.46. The van der Waals surface area contributed by atoms with E-state index in [0.29, 0.717) is 18.2 Å². The summed E-state index contributed by atoms with van der Waals surface area (Å²) >= 11 is 1.44. The van der Waals surface area contributed by atoms with E-state index >= 15 is 0 Å². The van der Waals surface area contributed by atoms with Crippen LogP contribution < -0.4 is 5.32 Å². The zero-order valence-electron chi connectivity index (χ0n) is 24.5. The van der Waals surface area contributed by atoms with Crippen molar-refractivity contribution >= 4 is 40.5 Å². The van der Waals surface area contributed by atoms with Crippen LogP contribution in [0.15, 0.2) is 42.8 Å². The van der Waals surface area contributed by atoms with Crippen LogP contribution in [0.3, 0.4) is 0 Å². The third kappa shape index (κ3) is 6.48. The Hall–Kier alpha value is -3.66. The molecule has 3 heterocycles. The Labute approximate surface area is 246 Å². The molecule has 9 nitrogen and oxygen atoms in total. The van der Waals surface area contributed by atoms with Gasteiger partial charge in [-0.05, 0) is 29.0 Å². The molecule has 2 aromatic rings. The molecule has 2 aliphatic heterocycles. The number of esters is 1. The van der Waals surface area contributed by atoms with Gasteiger partial charge in [-0.25, -0.2) is 14.6 Å². The van der Waals surface area contributed by atoms with Crippen molar-refractivity contribution in [2.45, 2.75) is 77.2 Å². The van der Waals surface area contributed by atoms with Gasteiger partial charge < -0.3 is 19.7 Å². The molecule has 0 saturated carbocycles. The number of allylic oxidation sites excluding steroid dienone is 1. The second-order valence-electron chi connectivity index (χ2n) is 11.6. The molecule has 10 heteroatoms. The van der Waals surface area contributed by atoms with Crippen molar-refractivity contribution < 1.29 is 23.9 Å². The highest BCUT2D eigenvalue weighted by molar-refractivity contribution is 7.13. The SMILES string of the molecule is C=CCC(C)(C)c1csc(N[C@H](C(=O)N2C[C@H](OC(=O)N3Cc4cccc(C=C)c4C3)C[C@H]2C(=O)OC)C(C)C)n1. The predicted molar refractivity (Wildman–Crippen MR) is 160 cm³/mol. The molecule has 1 fully saturated rings. The smallest absolute Gasteiger partial charge is 0.410 e. The first-order valence-electron chi connectivity index (χ1n) is 13.9. The van der Waals surface area contributed by atoms with Gasteiger partial charge in [0.1, 0.15) is 18.2 Å². The molecule has 4 rings (SSSR count). The quantitative estimate of drug-likeness (QED) is 0.298. The number of likely N-dealkylation sites (tertiary alicyclic amines) is 1. The number of anilines is 1.